The topological polar surface area (TPSA) is 33.1 Å². The summed E-state index contributed by atoms with van der Waals surface area (Å²) in [4.78, 5) is 4.02. The molecule has 0 atom stereocenters. The molecule has 0 fully saturated rings. The second kappa shape index (κ2) is 6.03. The Morgan fingerprint density at radius 2 is 2.42 bits per heavy atom. The first kappa shape index (κ1) is 9.55. The smallest absolute Gasteiger partial charge is 0.0438 e. The van der Waals surface area contributed by atoms with Crippen molar-refractivity contribution in [1.29, 1.82) is 0 Å². The minimum absolute atomic E-state index is 0.292. The van der Waals surface area contributed by atoms with Crippen LogP contribution in [0.5, 0.6) is 0 Å². The fourth-order valence-electron chi connectivity index (χ4n) is 0.840. The maximum atomic E-state index is 8.54. The van der Waals surface area contributed by atoms with E-state index in [0.29, 0.717) is 6.61 Å². The molecular weight excluding hydrogens is 170 g/mol. The number of thioether (sulfide) groups is 1. The third kappa shape index (κ3) is 3.74. The van der Waals surface area contributed by atoms with Crippen LogP contribution in [0.15, 0.2) is 24.5 Å². The Bertz CT molecular complexity index is 203. The molecule has 0 unspecified atom stereocenters. The molecule has 0 aliphatic heterocycles. The van der Waals surface area contributed by atoms with Crippen molar-refractivity contribution in [1.82, 2.24) is 4.98 Å². The first-order chi connectivity index (χ1) is 5.93. The number of aliphatic hydroxyl groups excluding tert-OH is 1. The number of nitrogens with zero attached hydrogens (tertiary/aromatic N) is 1. The minimum Gasteiger partial charge on any atom is -0.396 e. The Kier molecular flexibility index (Phi) is 4.80. The van der Waals surface area contributed by atoms with Crippen LogP contribution in [0.1, 0.15) is 12.0 Å². The molecule has 1 heterocycles. The highest BCUT2D eigenvalue weighted by Gasteiger charge is 1.91. The fraction of sp³-hybridized carbons (Fsp3) is 0.444. The van der Waals surface area contributed by atoms with Gasteiger partial charge in [0.05, 0.1) is 0 Å². The zero-order chi connectivity index (χ0) is 8.65. The molecule has 0 aliphatic rings. The van der Waals surface area contributed by atoms with E-state index in [0.717, 1.165) is 17.9 Å². The van der Waals surface area contributed by atoms with Crippen LogP contribution >= 0.6 is 11.8 Å². The van der Waals surface area contributed by atoms with Gasteiger partial charge in [0.25, 0.3) is 0 Å². The quantitative estimate of drug-likeness (QED) is 0.705. The molecule has 0 aliphatic carbocycles. The van der Waals surface area contributed by atoms with E-state index in [2.05, 4.69) is 11.1 Å². The minimum atomic E-state index is 0.292. The second-order valence-corrected chi connectivity index (χ2v) is 3.60. The summed E-state index contributed by atoms with van der Waals surface area (Å²) in [6, 6.07) is 4.01. The lowest BCUT2D eigenvalue weighted by atomic mass is 10.3. The molecule has 1 N–H and O–H groups in total. The van der Waals surface area contributed by atoms with Gasteiger partial charge in [0.1, 0.15) is 0 Å². The van der Waals surface area contributed by atoms with Crippen LogP contribution in [0.4, 0.5) is 0 Å². The van der Waals surface area contributed by atoms with Crippen molar-refractivity contribution in [2.45, 2.75) is 12.2 Å². The number of aliphatic hydroxyl groups is 1. The normalized spacial score (nSPS) is 10.1. The summed E-state index contributed by atoms with van der Waals surface area (Å²) in [7, 11) is 0. The molecule has 0 bridgehead atoms. The van der Waals surface area contributed by atoms with Crippen molar-refractivity contribution in [3.8, 4) is 0 Å². The molecule has 1 rings (SSSR count). The van der Waals surface area contributed by atoms with Crippen molar-refractivity contribution in [2.75, 3.05) is 12.4 Å². The summed E-state index contributed by atoms with van der Waals surface area (Å²) in [5.74, 6) is 2.01. The first-order valence-electron chi connectivity index (χ1n) is 4.01. The van der Waals surface area contributed by atoms with Crippen molar-refractivity contribution in [3.63, 3.8) is 0 Å². The van der Waals surface area contributed by atoms with Crippen LogP contribution in [0.3, 0.4) is 0 Å². The lowest BCUT2D eigenvalue weighted by molar-refractivity contribution is 0.296. The summed E-state index contributed by atoms with van der Waals surface area (Å²) >= 11 is 1.83. The highest BCUT2D eigenvalue weighted by molar-refractivity contribution is 7.98. The highest BCUT2D eigenvalue weighted by Crippen LogP contribution is 2.10. The van der Waals surface area contributed by atoms with Crippen LogP contribution in [-0.4, -0.2) is 22.5 Å². The molecule has 3 heteroatoms. The van der Waals surface area contributed by atoms with E-state index in [1.807, 2.05) is 24.0 Å². The van der Waals surface area contributed by atoms with Crippen LogP contribution in [0.25, 0.3) is 0 Å². The number of aromatic nitrogens is 1. The molecule has 0 spiro atoms. The van der Waals surface area contributed by atoms with Gasteiger partial charge in [-0.05, 0) is 23.8 Å². The standard InChI is InChI=1S/C9H13NOS/c11-5-2-6-12-8-9-3-1-4-10-7-9/h1,3-4,7,11H,2,5-6,8H2. The average Bonchev–Trinajstić information content (AvgIpc) is 2.14. The summed E-state index contributed by atoms with van der Waals surface area (Å²) in [6.45, 7) is 0.292. The first-order valence-corrected chi connectivity index (χ1v) is 5.16. The molecule has 0 amide bonds. The molecule has 66 valence electrons. The van der Waals surface area contributed by atoms with Crippen molar-refractivity contribution in [3.05, 3.63) is 30.1 Å². The zero-order valence-electron chi connectivity index (χ0n) is 6.94. The van der Waals surface area contributed by atoms with E-state index in [9.17, 15) is 0 Å². The van der Waals surface area contributed by atoms with Crippen LogP contribution in [-0.2, 0) is 5.75 Å². The van der Waals surface area contributed by atoms with Gasteiger partial charge in [-0.1, -0.05) is 6.07 Å². The van der Waals surface area contributed by atoms with E-state index in [-0.39, 0.29) is 0 Å². The molecule has 12 heavy (non-hydrogen) atoms. The molecule has 0 aromatic carbocycles. The number of hydrogen-bond donors (Lipinski definition) is 1. The van der Waals surface area contributed by atoms with Crippen LogP contribution in [0.2, 0.25) is 0 Å². The van der Waals surface area contributed by atoms with E-state index in [1.54, 1.807) is 6.20 Å². The van der Waals surface area contributed by atoms with Crippen LogP contribution in [0, 0.1) is 0 Å². The van der Waals surface area contributed by atoms with Crippen molar-refractivity contribution < 1.29 is 5.11 Å². The number of pyridine rings is 1. The van der Waals surface area contributed by atoms with Gasteiger partial charge in [-0.15, -0.1) is 0 Å². The maximum absolute atomic E-state index is 8.54. The zero-order valence-corrected chi connectivity index (χ0v) is 7.76. The Morgan fingerprint density at radius 1 is 1.50 bits per heavy atom. The molecule has 2 nitrogen and oxygen atoms in total. The molecule has 0 saturated heterocycles. The SMILES string of the molecule is OCCCSCc1cccnc1. The average molecular weight is 183 g/mol. The third-order valence-electron chi connectivity index (χ3n) is 1.44. The molecule has 0 radical (unpaired) electrons. The Morgan fingerprint density at radius 3 is 3.08 bits per heavy atom. The molecule has 0 saturated carbocycles. The predicted octanol–water partition coefficient (Wildman–Crippen LogP) is 1.70. The van der Waals surface area contributed by atoms with E-state index in [4.69, 9.17) is 5.11 Å². The Labute approximate surface area is 77.0 Å². The number of hydrogen-bond acceptors (Lipinski definition) is 3. The summed E-state index contributed by atoms with van der Waals surface area (Å²) < 4.78 is 0. The molecular formula is C9H13NOS. The highest BCUT2D eigenvalue weighted by atomic mass is 32.2. The monoisotopic (exact) mass is 183 g/mol. The Balaban J connectivity index is 2.16. The van der Waals surface area contributed by atoms with Gasteiger partial charge >= 0.3 is 0 Å². The van der Waals surface area contributed by atoms with Gasteiger partial charge < -0.3 is 5.11 Å². The number of rotatable bonds is 5. The van der Waals surface area contributed by atoms with E-state index in [1.165, 1.54) is 5.56 Å². The molecule has 1 aromatic rings. The van der Waals surface area contributed by atoms with Crippen molar-refractivity contribution >= 4 is 11.8 Å². The molecule has 1 aromatic heterocycles. The van der Waals surface area contributed by atoms with Gasteiger partial charge in [0.2, 0.25) is 0 Å². The van der Waals surface area contributed by atoms with E-state index >= 15 is 0 Å². The largest absolute Gasteiger partial charge is 0.396 e. The summed E-state index contributed by atoms with van der Waals surface area (Å²) in [5, 5.41) is 8.54. The Hall–Kier alpha value is -0.540. The lowest BCUT2D eigenvalue weighted by Gasteiger charge is -1.98. The third-order valence-corrected chi connectivity index (χ3v) is 2.55. The van der Waals surface area contributed by atoms with Gasteiger partial charge in [-0.3, -0.25) is 4.98 Å². The van der Waals surface area contributed by atoms with E-state index < -0.39 is 0 Å². The van der Waals surface area contributed by atoms with Gasteiger partial charge in [-0.2, -0.15) is 11.8 Å². The fourth-order valence-corrected chi connectivity index (χ4v) is 1.72. The summed E-state index contributed by atoms with van der Waals surface area (Å²) in [5.41, 5.74) is 1.25. The summed E-state index contributed by atoms with van der Waals surface area (Å²) in [6.07, 6.45) is 4.54. The second-order valence-electron chi connectivity index (χ2n) is 2.49. The van der Waals surface area contributed by atoms with Gasteiger partial charge in [-0.25, -0.2) is 0 Å². The predicted molar refractivity (Wildman–Crippen MR) is 52.1 cm³/mol. The van der Waals surface area contributed by atoms with Gasteiger partial charge in [0.15, 0.2) is 0 Å². The maximum Gasteiger partial charge on any atom is 0.0438 e. The van der Waals surface area contributed by atoms with Crippen molar-refractivity contribution in [2.24, 2.45) is 0 Å². The van der Waals surface area contributed by atoms with Crippen LogP contribution < -0.4 is 0 Å². The van der Waals surface area contributed by atoms with Gasteiger partial charge in [0, 0.05) is 24.8 Å². The lowest BCUT2D eigenvalue weighted by Crippen LogP contribution is -1.87.